The molecule has 0 heterocycles. The minimum absolute atomic E-state index is 0.208. The molecule has 2 amide bonds. The van der Waals surface area contributed by atoms with Crippen LogP contribution in [-0.2, 0) is 26.1 Å². The minimum Gasteiger partial charge on any atom is -0.384 e. The van der Waals surface area contributed by atoms with Gasteiger partial charge in [0.05, 0.1) is 23.7 Å². The maximum absolute atomic E-state index is 12.1. The van der Waals surface area contributed by atoms with Gasteiger partial charge in [-0.25, -0.2) is 0 Å². The largest absolute Gasteiger partial charge is 0.384 e. The van der Waals surface area contributed by atoms with E-state index in [-0.39, 0.29) is 17.1 Å². The smallest absolute Gasteiger partial charge is 0.253 e. The van der Waals surface area contributed by atoms with Gasteiger partial charge in [0.2, 0.25) is 5.91 Å². The van der Waals surface area contributed by atoms with Crippen molar-refractivity contribution in [1.29, 1.82) is 0 Å². The summed E-state index contributed by atoms with van der Waals surface area (Å²) in [5.41, 5.74) is 1.63. The van der Waals surface area contributed by atoms with E-state index in [4.69, 9.17) is 27.9 Å². The van der Waals surface area contributed by atoms with Crippen molar-refractivity contribution in [3.63, 3.8) is 0 Å². The van der Waals surface area contributed by atoms with Gasteiger partial charge in [0.15, 0.2) is 0 Å². The van der Waals surface area contributed by atoms with Gasteiger partial charge in [-0.15, -0.1) is 0 Å². The van der Waals surface area contributed by atoms with Crippen LogP contribution in [0.3, 0.4) is 0 Å². The maximum Gasteiger partial charge on any atom is 0.253 e. The topological polar surface area (TPSA) is 84.5 Å². The van der Waals surface area contributed by atoms with Crippen molar-refractivity contribution in [3.8, 4) is 0 Å². The summed E-state index contributed by atoms with van der Waals surface area (Å²) in [5, 5.41) is 5.83. The van der Waals surface area contributed by atoms with Crippen molar-refractivity contribution >= 4 is 51.5 Å². The van der Waals surface area contributed by atoms with Crippen molar-refractivity contribution in [1.82, 2.24) is 5.32 Å². The Labute approximate surface area is 176 Å². The van der Waals surface area contributed by atoms with E-state index in [0.29, 0.717) is 28.8 Å². The Balaban J connectivity index is 1.88. The summed E-state index contributed by atoms with van der Waals surface area (Å²) >= 11 is 11.8. The second-order valence-electron chi connectivity index (χ2n) is 5.84. The molecule has 1 atom stereocenters. The number of benzene rings is 2. The molecule has 2 N–H and O–H groups in total. The predicted octanol–water partition coefficient (Wildman–Crippen LogP) is 3.26. The lowest BCUT2D eigenvalue weighted by Gasteiger charge is -2.09. The summed E-state index contributed by atoms with van der Waals surface area (Å²) in [6, 6.07) is 11.6. The Bertz CT molecular complexity index is 877. The number of halogens is 2. The highest BCUT2D eigenvalue weighted by Crippen LogP contribution is 2.20. The summed E-state index contributed by atoms with van der Waals surface area (Å²) < 4.78 is 16.9. The van der Waals surface area contributed by atoms with Gasteiger partial charge in [-0.1, -0.05) is 35.3 Å². The van der Waals surface area contributed by atoms with E-state index >= 15 is 0 Å². The van der Waals surface area contributed by atoms with Crippen LogP contribution in [0, 0.1) is 0 Å². The van der Waals surface area contributed by atoms with E-state index < -0.39 is 22.6 Å². The first-order valence-corrected chi connectivity index (χ1v) is 10.6. The number of methoxy groups -OCH3 is 1. The average Bonchev–Trinajstić information content (AvgIpc) is 2.64. The number of hydrogen-bond donors (Lipinski definition) is 2. The molecule has 0 radical (unpaired) electrons. The highest BCUT2D eigenvalue weighted by molar-refractivity contribution is 7.84. The molecule has 0 saturated carbocycles. The summed E-state index contributed by atoms with van der Waals surface area (Å²) in [7, 11) is 0.519. The van der Waals surface area contributed by atoms with Crippen LogP contribution in [0.4, 0.5) is 5.69 Å². The molecular weight excluding hydrogens is 423 g/mol. The van der Waals surface area contributed by atoms with E-state index in [1.165, 1.54) is 12.1 Å². The lowest BCUT2D eigenvalue weighted by Crippen LogP contribution is -2.33. The quantitative estimate of drug-likeness (QED) is 0.623. The summed E-state index contributed by atoms with van der Waals surface area (Å²) in [6.45, 7) is 0.210. The van der Waals surface area contributed by atoms with Gasteiger partial charge in [0.25, 0.3) is 5.91 Å². The molecule has 9 heteroatoms. The molecule has 0 fully saturated rings. The highest BCUT2D eigenvalue weighted by atomic mass is 35.5. The fraction of sp³-hybridized carbons (Fsp3) is 0.263. The van der Waals surface area contributed by atoms with Gasteiger partial charge >= 0.3 is 0 Å². The van der Waals surface area contributed by atoms with Gasteiger partial charge in [-0.3, -0.25) is 13.8 Å². The lowest BCUT2D eigenvalue weighted by atomic mass is 10.2. The molecule has 0 aromatic heterocycles. The zero-order chi connectivity index (χ0) is 20.5. The number of carbonyl (C=O) groups is 2. The molecule has 0 spiro atoms. The molecule has 2 aromatic carbocycles. The SMILES string of the molecule is COCCS(=O)Cc1cccc(NC(=O)CNC(=O)c2ccc(Cl)cc2Cl)c1. The van der Waals surface area contributed by atoms with Crippen molar-refractivity contribution in [3.05, 3.63) is 63.6 Å². The second kappa shape index (κ2) is 11.2. The monoisotopic (exact) mass is 442 g/mol. The van der Waals surface area contributed by atoms with Crippen LogP contribution in [0.2, 0.25) is 10.0 Å². The Hall–Kier alpha value is -1.93. The van der Waals surface area contributed by atoms with E-state index in [0.717, 1.165) is 5.56 Å². The van der Waals surface area contributed by atoms with Gasteiger partial charge in [-0.2, -0.15) is 0 Å². The number of rotatable bonds is 9. The van der Waals surface area contributed by atoms with Crippen LogP contribution in [0.5, 0.6) is 0 Å². The van der Waals surface area contributed by atoms with Crippen molar-refractivity contribution < 1.29 is 18.5 Å². The summed E-state index contributed by atoms with van der Waals surface area (Å²) in [4.78, 5) is 24.2. The Morgan fingerprint density at radius 2 is 1.93 bits per heavy atom. The van der Waals surface area contributed by atoms with E-state index in [1.807, 2.05) is 6.07 Å². The van der Waals surface area contributed by atoms with Crippen LogP contribution in [0.1, 0.15) is 15.9 Å². The van der Waals surface area contributed by atoms with Crippen LogP contribution in [-0.4, -0.2) is 42.0 Å². The van der Waals surface area contributed by atoms with Crippen LogP contribution in [0.15, 0.2) is 42.5 Å². The molecule has 2 aromatic rings. The first-order valence-electron chi connectivity index (χ1n) is 8.35. The molecule has 0 aliphatic rings. The van der Waals surface area contributed by atoms with Gasteiger partial charge in [0.1, 0.15) is 0 Å². The van der Waals surface area contributed by atoms with E-state index in [2.05, 4.69) is 10.6 Å². The zero-order valence-corrected chi connectivity index (χ0v) is 17.5. The lowest BCUT2D eigenvalue weighted by molar-refractivity contribution is -0.115. The molecule has 1 unspecified atom stereocenters. The molecule has 150 valence electrons. The average molecular weight is 443 g/mol. The van der Waals surface area contributed by atoms with E-state index in [1.54, 1.807) is 31.4 Å². The third kappa shape index (κ3) is 7.24. The fourth-order valence-corrected chi connectivity index (χ4v) is 3.85. The molecule has 28 heavy (non-hydrogen) atoms. The Kier molecular flexibility index (Phi) is 8.92. The predicted molar refractivity (Wildman–Crippen MR) is 112 cm³/mol. The molecule has 0 bridgehead atoms. The van der Waals surface area contributed by atoms with Crippen LogP contribution in [0.25, 0.3) is 0 Å². The third-order valence-corrected chi connectivity index (χ3v) is 5.46. The molecule has 0 aliphatic carbocycles. The van der Waals surface area contributed by atoms with Gasteiger partial charge in [-0.05, 0) is 35.9 Å². The van der Waals surface area contributed by atoms with Crippen LogP contribution >= 0.6 is 23.2 Å². The highest BCUT2D eigenvalue weighted by Gasteiger charge is 2.12. The van der Waals surface area contributed by atoms with Crippen molar-refractivity contribution in [2.24, 2.45) is 0 Å². The second-order valence-corrected chi connectivity index (χ2v) is 8.26. The molecule has 0 aliphatic heterocycles. The summed E-state index contributed by atoms with van der Waals surface area (Å²) in [6.07, 6.45) is 0. The fourth-order valence-electron chi connectivity index (χ4n) is 2.31. The van der Waals surface area contributed by atoms with Crippen molar-refractivity contribution in [2.45, 2.75) is 5.75 Å². The maximum atomic E-state index is 12.1. The standard InChI is InChI=1S/C19H20Cl2N2O4S/c1-27-7-8-28(26)12-13-3-2-4-15(9-13)23-18(24)11-22-19(25)16-6-5-14(20)10-17(16)21/h2-6,9-10H,7-8,11-12H2,1H3,(H,22,25)(H,23,24). The van der Waals surface area contributed by atoms with Gasteiger partial charge < -0.3 is 15.4 Å². The molecular formula is C19H20Cl2N2O4S. The zero-order valence-electron chi connectivity index (χ0n) is 15.2. The third-order valence-electron chi connectivity index (χ3n) is 3.64. The van der Waals surface area contributed by atoms with E-state index in [9.17, 15) is 13.8 Å². The number of nitrogens with one attached hydrogen (secondary N) is 2. The number of anilines is 1. The number of carbonyl (C=O) groups excluding carboxylic acids is 2. The number of amides is 2. The first kappa shape index (κ1) is 22.4. The normalized spacial score (nSPS) is 11.7. The number of hydrogen-bond acceptors (Lipinski definition) is 4. The minimum atomic E-state index is -1.04. The first-order chi connectivity index (χ1) is 13.4. The van der Waals surface area contributed by atoms with Crippen molar-refractivity contribution in [2.75, 3.05) is 31.3 Å². The number of ether oxygens (including phenoxy) is 1. The molecule has 6 nitrogen and oxygen atoms in total. The molecule has 2 rings (SSSR count). The Morgan fingerprint density at radius 3 is 2.64 bits per heavy atom. The molecule has 0 saturated heterocycles. The van der Waals surface area contributed by atoms with Gasteiger partial charge in [0, 0.05) is 40.1 Å². The van der Waals surface area contributed by atoms with Crippen LogP contribution < -0.4 is 10.6 Å². The summed E-state index contributed by atoms with van der Waals surface area (Å²) in [5.74, 6) is -0.0409. The Morgan fingerprint density at radius 1 is 1.14 bits per heavy atom.